The van der Waals surface area contributed by atoms with Gasteiger partial charge in [0.2, 0.25) is 0 Å². The van der Waals surface area contributed by atoms with Crippen LogP contribution in [0, 0.1) is 5.92 Å². The molecule has 2 rings (SSSR count). The predicted octanol–water partition coefficient (Wildman–Crippen LogP) is 2.17. The van der Waals surface area contributed by atoms with E-state index in [2.05, 4.69) is 52.1 Å². The van der Waals surface area contributed by atoms with Crippen LogP contribution in [0.5, 0.6) is 0 Å². The van der Waals surface area contributed by atoms with Crippen LogP contribution in [-0.2, 0) is 6.54 Å². The van der Waals surface area contributed by atoms with Crippen molar-refractivity contribution in [3.8, 4) is 0 Å². The molecule has 6 heteroatoms. The average Bonchev–Trinajstić information content (AvgIpc) is 2.40. The summed E-state index contributed by atoms with van der Waals surface area (Å²) in [5.41, 5.74) is 0.751. The van der Waals surface area contributed by atoms with Gasteiger partial charge in [-0.2, -0.15) is 5.10 Å². The molecule has 1 aliphatic heterocycles. The first kappa shape index (κ1) is 15.5. The lowest BCUT2D eigenvalue weighted by atomic mass is 10.1. The van der Waals surface area contributed by atoms with Crippen LogP contribution in [0.1, 0.15) is 26.7 Å². The summed E-state index contributed by atoms with van der Waals surface area (Å²) in [6, 6.07) is 0.421. The minimum absolute atomic E-state index is 0.0587. The van der Waals surface area contributed by atoms with E-state index >= 15 is 0 Å². The Balaban J connectivity index is 2.09. The molecule has 0 bridgehead atoms. The molecule has 0 atom stereocenters. The minimum Gasteiger partial charge on any atom is -0.380 e. The van der Waals surface area contributed by atoms with E-state index in [-0.39, 0.29) is 5.56 Å². The molecule has 1 aromatic heterocycles. The fourth-order valence-corrected chi connectivity index (χ4v) is 2.84. The monoisotopic (exact) mass is 342 g/mol. The number of nitrogens with zero attached hydrogens (tertiary/aromatic N) is 3. The van der Waals surface area contributed by atoms with Crippen molar-refractivity contribution in [3.05, 3.63) is 21.0 Å². The molecule has 5 nitrogen and oxygen atoms in total. The third-order valence-electron chi connectivity index (χ3n) is 3.60. The zero-order chi connectivity index (χ0) is 14.7. The van der Waals surface area contributed by atoms with Gasteiger partial charge in [0, 0.05) is 12.6 Å². The average molecular weight is 343 g/mol. The SMILES string of the molecule is CC(C)Cn1ncc(NC2CCN(C)CC2)c(Br)c1=O. The van der Waals surface area contributed by atoms with Crippen molar-refractivity contribution < 1.29 is 0 Å². The Kier molecular flexibility index (Phi) is 5.21. The van der Waals surface area contributed by atoms with E-state index in [1.807, 2.05) is 0 Å². The number of nitrogens with one attached hydrogen (secondary N) is 1. The van der Waals surface area contributed by atoms with Crippen molar-refractivity contribution in [2.24, 2.45) is 5.92 Å². The first-order chi connectivity index (χ1) is 9.47. The van der Waals surface area contributed by atoms with Gasteiger partial charge >= 0.3 is 0 Å². The molecule has 0 saturated carbocycles. The summed E-state index contributed by atoms with van der Waals surface area (Å²) in [6.45, 7) is 6.98. The third-order valence-corrected chi connectivity index (χ3v) is 4.37. The molecular weight excluding hydrogens is 320 g/mol. The van der Waals surface area contributed by atoms with Gasteiger partial charge in [-0.05, 0) is 54.8 Å². The Hall–Kier alpha value is -0.880. The van der Waals surface area contributed by atoms with Crippen LogP contribution < -0.4 is 10.9 Å². The maximum atomic E-state index is 12.2. The maximum Gasteiger partial charge on any atom is 0.283 e. The molecule has 1 aliphatic rings. The molecule has 0 aliphatic carbocycles. The fraction of sp³-hybridized carbons (Fsp3) is 0.714. The zero-order valence-electron chi connectivity index (χ0n) is 12.4. The van der Waals surface area contributed by atoms with Crippen molar-refractivity contribution in [3.63, 3.8) is 0 Å². The molecule has 0 amide bonds. The number of rotatable bonds is 4. The number of hydrogen-bond donors (Lipinski definition) is 1. The summed E-state index contributed by atoms with van der Waals surface area (Å²) < 4.78 is 2.11. The second kappa shape index (κ2) is 6.72. The van der Waals surface area contributed by atoms with Crippen LogP contribution >= 0.6 is 15.9 Å². The highest BCUT2D eigenvalue weighted by molar-refractivity contribution is 9.10. The Morgan fingerprint density at radius 3 is 2.70 bits per heavy atom. The normalized spacial score (nSPS) is 17.6. The Morgan fingerprint density at radius 2 is 2.10 bits per heavy atom. The van der Waals surface area contributed by atoms with Crippen LogP contribution in [0.15, 0.2) is 15.5 Å². The molecule has 1 fully saturated rings. The first-order valence-electron chi connectivity index (χ1n) is 7.18. The van der Waals surface area contributed by atoms with Gasteiger partial charge in [-0.25, -0.2) is 4.68 Å². The minimum atomic E-state index is -0.0587. The molecule has 2 heterocycles. The van der Waals surface area contributed by atoms with Gasteiger partial charge in [0.15, 0.2) is 0 Å². The van der Waals surface area contributed by atoms with Gasteiger partial charge < -0.3 is 10.2 Å². The fourth-order valence-electron chi connectivity index (χ4n) is 2.41. The summed E-state index contributed by atoms with van der Waals surface area (Å²) in [5, 5.41) is 7.70. The molecule has 1 saturated heterocycles. The highest BCUT2D eigenvalue weighted by Gasteiger charge is 2.18. The van der Waals surface area contributed by atoms with Crippen LogP contribution in [0.25, 0.3) is 0 Å². The van der Waals surface area contributed by atoms with E-state index in [0.29, 0.717) is 23.0 Å². The lowest BCUT2D eigenvalue weighted by Crippen LogP contribution is -2.37. The molecule has 0 aromatic carbocycles. The molecule has 0 spiro atoms. The molecule has 1 N–H and O–H groups in total. The van der Waals surface area contributed by atoms with Crippen molar-refractivity contribution >= 4 is 21.6 Å². The highest BCUT2D eigenvalue weighted by Crippen LogP contribution is 2.20. The van der Waals surface area contributed by atoms with Crippen molar-refractivity contribution in [1.29, 1.82) is 0 Å². The van der Waals surface area contributed by atoms with Gasteiger partial charge in [0.05, 0.1) is 11.9 Å². The summed E-state index contributed by atoms with van der Waals surface area (Å²) >= 11 is 3.41. The Bertz CT molecular complexity index is 506. The first-order valence-corrected chi connectivity index (χ1v) is 7.97. The molecule has 0 radical (unpaired) electrons. The molecule has 20 heavy (non-hydrogen) atoms. The molecular formula is C14H23BrN4O. The van der Waals surface area contributed by atoms with Gasteiger partial charge in [-0.1, -0.05) is 13.8 Å². The summed E-state index contributed by atoms with van der Waals surface area (Å²) in [7, 11) is 2.14. The van der Waals surface area contributed by atoms with Crippen LogP contribution in [0.2, 0.25) is 0 Å². The highest BCUT2D eigenvalue weighted by atomic mass is 79.9. The van der Waals surface area contributed by atoms with E-state index in [9.17, 15) is 4.79 Å². The van der Waals surface area contributed by atoms with E-state index in [0.717, 1.165) is 31.6 Å². The van der Waals surface area contributed by atoms with Crippen LogP contribution in [0.4, 0.5) is 5.69 Å². The lowest BCUT2D eigenvalue weighted by Gasteiger charge is -2.30. The van der Waals surface area contributed by atoms with E-state index < -0.39 is 0 Å². The standard InChI is InChI=1S/C14H23BrN4O/c1-10(2)9-19-14(20)13(15)12(8-16-19)17-11-4-6-18(3)7-5-11/h8,10-11,17H,4-7,9H2,1-3H3. The predicted molar refractivity (Wildman–Crippen MR) is 85.2 cm³/mol. The van der Waals surface area contributed by atoms with Crippen LogP contribution in [-0.4, -0.2) is 40.9 Å². The van der Waals surface area contributed by atoms with Crippen molar-refractivity contribution in [2.45, 2.75) is 39.3 Å². The quantitative estimate of drug-likeness (QED) is 0.910. The molecule has 1 aromatic rings. The van der Waals surface area contributed by atoms with Gasteiger partial charge in [-0.15, -0.1) is 0 Å². The third kappa shape index (κ3) is 3.82. The Labute approximate surface area is 128 Å². The topological polar surface area (TPSA) is 50.2 Å². The van der Waals surface area contributed by atoms with E-state index in [1.165, 1.54) is 4.68 Å². The van der Waals surface area contributed by atoms with Crippen molar-refractivity contribution in [1.82, 2.24) is 14.7 Å². The summed E-state index contributed by atoms with van der Waals surface area (Å²) in [5.74, 6) is 0.403. The number of likely N-dealkylation sites (tertiary alicyclic amines) is 1. The van der Waals surface area contributed by atoms with Gasteiger partial charge in [0.1, 0.15) is 4.47 Å². The number of anilines is 1. The largest absolute Gasteiger partial charge is 0.380 e. The second-order valence-corrected chi connectivity index (χ2v) is 6.77. The number of aromatic nitrogens is 2. The van der Waals surface area contributed by atoms with E-state index in [4.69, 9.17) is 0 Å². The van der Waals surface area contributed by atoms with Gasteiger partial charge in [-0.3, -0.25) is 4.79 Å². The lowest BCUT2D eigenvalue weighted by molar-refractivity contribution is 0.264. The van der Waals surface area contributed by atoms with Crippen molar-refractivity contribution in [2.75, 3.05) is 25.5 Å². The van der Waals surface area contributed by atoms with Crippen LogP contribution in [0.3, 0.4) is 0 Å². The van der Waals surface area contributed by atoms with E-state index in [1.54, 1.807) is 6.20 Å². The Morgan fingerprint density at radius 1 is 1.45 bits per heavy atom. The molecule has 112 valence electrons. The zero-order valence-corrected chi connectivity index (χ0v) is 14.0. The van der Waals surface area contributed by atoms with Gasteiger partial charge in [0.25, 0.3) is 5.56 Å². The smallest absolute Gasteiger partial charge is 0.283 e. The number of halogens is 1. The second-order valence-electron chi connectivity index (χ2n) is 5.98. The summed E-state index contributed by atoms with van der Waals surface area (Å²) in [6.07, 6.45) is 3.95. The number of hydrogen-bond acceptors (Lipinski definition) is 4. The molecule has 0 unspecified atom stereocenters. The maximum absolute atomic E-state index is 12.2. The number of piperidine rings is 1. The summed E-state index contributed by atoms with van der Waals surface area (Å²) in [4.78, 5) is 14.5.